The van der Waals surface area contributed by atoms with Gasteiger partial charge in [0.25, 0.3) is 5.56 Å². The highest BCUT2D eigenvalue weighted by Gasteiger charge is 2.45. The van der Waals surface area contributed by atoms with Crippen LogP contribution in [0.1, 0.15) is 44.2 Å². The van der Waals surface area contributed by atoms with E-state index in [0.717, 1.165) is 40.9 Å². The molecule has 0 amide bonds. The van der Waals surface area contributed by atoms with Crippen LogP contribution in [0.2, 0.25) is 0 Å². The molecule has 31 heavy (non-hydrogen) atoms. The van der Waals surface area contributed by atoms with E-state index < -0.39 is 11.3 Å². The zero-order valence-electron chi connectivity index (χ0n) is 17.8. The van der Waals surface area contributed by atoms with Gasteiger partial charge in [-0.15, -0.1) is 0 Å². The molecule has 1 aliphatic carbocycles. The van der Waals surface area contributed by atoms with Crippen molar-refractivity contribution in [2.45, 2.75) is 38.6 Å². The molecule has 2 unspecified atom stereocenters. The van der Waals surface area contributed by atoms with Gasteiger partial charge in [-0.25, -0.2) is 4.72 Å². The molecule has 7 nitrogen and oxygen atoms in total. The Morgan fingerprint density at radius 1 is 1.23 bits per heavy atom. The number of aryl methyl sites for hydroxylation is 1. The summed E-state index contributed by atoms with van der Waals surface area (Å²) < 4.78 is 26.5. The van der Waals surface area contributed by atoms with Crippen LogP contribution in [-0.2, 0) is 18.3 Å². The third-order valence-electron chi connectivity index (χ3n) is 6.94. The van der Waals surface area contributed by atoms with Crippen molar-refractivity contribution in [1.29, 1.82) is 0 Å². The first kappa shape index (κ1) is 20.5. The summed E-state index contributed by atoms with van der Waals surface area (Å²) in [5.41, 5.74) is 5.02. The van der Waals surface area contributed by atoms with Gasteiger partial charge >= 0.3 is 0 Å². The standard InChI is InChI=1S/C23H28N4O3S/c1-15(25-31(29)30)16-4-5-20(27-11-3-7-23(14-27)8-9-23)18(12-16)19-13-26(2)22(28)21-17(19)6-10-24-21/h4-6,10,12-13,15,24-25H,3,7-9,11,14H2,1-2H3,(H,29,30)/p-1. The van der Waals surface area contributed by atoms with Crippen LogP contribution in [0, 0.1) is 5.41 Å². The second-order valence-corrected chi connectivity index (χ2v) is 9.81. The molecule has 1 spiro atoms. The zero-order valence-corrected chi connectivity index (χ0v) is 18.6. The number of nitrogens with zero attached hydrogens (tertiary/aromatic N) is 2. The van der Waals surface area contributed by atoms with Gasteiger partial charge in [0.2, 0.25) is 0 Å². The maximum Gasteiger partial charge on any atom is 0.274 e. The van der Waals surface area contributed by atoms with Crippen LogP contribution in [0.5, 0.6) is 0 Å². The minimum absolute atomic E-state index is 0.0619. The highest BCUT2D eigenvalue weighted by Crippen LogP contribution is 2.53. The molecule has 5 rings (SSSR count). The van der Waals surface area contributed by atoms with Crippen molar-refractivity contribution in [2.75, 3.05) is 18.0 Å². The molecule has 0 radical (unpaired) electrons. The molecular weight excluding hydrogens is 412 g/mol. The average Bonchev–Trinajstić information content (AvgIpc) is 3.29. The number of nitrogens with one attached hydrogen (secondary N) is 2. The Balaban J connectivity index is 1.68. The molecule has 2 aliphatic rings. The van der Waals surface area contributed by atoms with Gasteiger partial charge in [-0.3, -0.25) is 9.00 Å². The fourth-order valence-electron chi connectivity index (χ4n) is 5.01. The van der Waals surface area contributed by atoms with Gasteiger partial charge in [-0.05, 0) is 61.8 Å². The largest absolute Gasteiger partial charge is 0.760 e. The average molecular weight is 440 g/mol. The quantitative estimate of drug-likeness (QED) is 0.596. The Morgan fingerprint density at radius 2 is 2.03 bits per heavy atom. The van der Waals surface area contributed by atoms with Crippen molar-refractivity contribution < 1.29 is 8.76 Å². The second kappa shape index (κ2) is 7.62. The Hall–Kier alpha value is -2.42. The molecule has 2 fully saturated rings. The molecule has 1 saturated heterocycles. The summed E-state index contributed by atoms with van der Waals surface area (Å²) >= 11 is -2.34. The predicted molar refractivity (Wildman–Crippen MR) is 123 cm³/mol. The molecule has 1 saturated carbocycles. The lowest BCUT2D eigenvalue weighted by atomic mass is 9.92. The van der Waals surface area contributed by atoms with E-state index >= 15 is 0 Å². The van der Waals surface area contributed by atoms with Crippen LogP contribution in [0.25, 0.3) is 22.0 Å². The van der Waals surface area contributed by atoms with Crippen molar-refractivity contribution in [1.82, 2.24) is 14.3 Å². The van der Waals surface area contributed by atoms with Crippen LogP contribution >= 0.6 is 0 Å². The van der Waals surface area contributed by atoms with Gasteiger partial charge in [-0.2, -0.15) is 0 Å². The van der Waals surface area contributed by atoms with Crippen LogP contribution < -0.4 is 15.2 Å². The molecule has 0 bridgehead atoms. The summed E-state index contributed by atoms with van der Waals surface area (Å²) in [5, 5.41) is 0.882. The Morgan fingerprint density at radius 3 is 2.77 bits per heavy atom. The molecule has 1 aliphatic heterocycles. The number of rotatable bonds is 5. The number of fused-ring (bicyclic) bond motifs is 1. The van der Waals surface area contributed by atoms with Crippen LogP contribution in [0.15, 0.2) is 41.5 Å². The normalized spacial score (nSPS) is 19.6. The predicted octanol–water partition coefficient (Wildman–Crippen LogP) is 3.36. The second-order valence-electron chi connectivity index (χ2n) is 9.10. The lowest BCUT2D eigenvalue weighted by molar-refractivity contribution is 0.395. The van der Waals surface area contributed by atoms with Crippen molar-refractivity contribution in [3.63, 3.8) is 0 Å². The highest BCUT2D eigenvalue weighted by atomic mass is 32.2. The van der Waals surface area contributed by atoms with E-state index in [4.69, 9.17) is 0 Å². The monoisotopic (exact) mass is 439 g/mol. The van der Waals surface area contributed by atoms with E-state index in [1.165, 1.54) is 25.7 Å². The zero-order chi connectivity index (χ0) is 21.8. The van der Waals surface area contributed by atoms with E-state index in [2.05, 4.69) is 26.7 Å². The third kappa shape index (κ3) is 3.73. The van der Waals surface area contributed by atoms with Gasteiger partial charge in [0.1, 0.15) is 5.52 Å². The number of pyridine rings is 1. The molecule has 1 aromatic carbocycles. The summed E-state index contributed by atoms with van der Waals surface area (Å²) in [6.07, 6.45) is 8.77. The van der Waals surface area contributed by atoms with Gasteiger partial charge < -0.3 is 19.0 Å². The summed E-state index contributed by atoms with van der Waals surface area (Å²) in [6, 6.07) is 7.78. The number of hydrogen-bond acceptors (Lipinski definition) is 4. The molecule has 2 atom stereocenters. The summed E-state index contributed by atoms with van der Waals surface area (Å²) in [4.78, 5) is 18.2. The van der Waals surface area contributed by atoms with E-state index in [1.54, 1.807) is 17.8 Å². The number of benzene rings is 1. The van der Waals surface area contributed by atoms with Gasteiger partial charge in [0.05, 0.1) is 0 Å². The maximum atomic E-state index is 12.6. The van der Waals surface area contributed by atoms with Gasteiger partial charge in [-0.1, -0.05) is 6.07 Å². The SMILES string of the molecule is CC(NS(=O)[O-])c1ccc(N2CCCC3(CC3)C2)c(-c2cn(C)c(=O)c3[nH]ccc23)c1. The van der Waals surface area contributed by atoms with E-state index in [-0.39, 0.29) is 11.6 Å². The van der Waals surface area contributed by atoms with Gasteiger partial charge in [0, 0.05) is 72.0 Å². The smallest absolute Gasteiger partial charge is 0.274 e. The number of piperidine rings is 1. The molecule has 2 aromatic heterocycles. The topological polar surface area (TPSA) is 93.2 Å². The Bertz CT molecular complexity index is 1230. The molecular formula is C23H27N4O3S-. The Kier molecular flexibility index (Phi) is 5.03. The first-order valence-corrected chi connectivity index (χ1v) is 11.9. The highest BCUT2D eigenvalue weighted by molar-refractivity contribution is 7.77. The lowest BCUT2D eigenvalue weighted by Crippen LogP contribution is -2.36. The number of hydrogen-bond donors (Lipinski definition) is 2. The molecule has 164 valence electrons. The van der Waals surface area contributed by atoms with E-state index in [1.807, 2.05) is 25.3 Å². The van der Waals surface area contributed by atoms with Gasteiger partial charge in [0.15, 0.2) is 0 Å². The Labute approximate surface area is 183 Å². The first-order valence-electron chi connectivity index (χ1n) is 10.8. The third-order valence-corrected chi connectivity index (χ3v) is 7.48. The lowest BCUT2D eigenvalue weighted by Gasteiger charge is -2.36. The molecule has 8 heteroatoms. The van der Waals surface area contributed by atoms with Crippen molar-refractivity contribution >= 4 is 27.9 Å². The van der Waals surface area contributed by atoms with E-state index in [9.17, 15) is 13.6 Å². The number of aromatic amines is 1. The van der Waals surface area contributed by atoms with E-state index in [0.29, 0.717) is 10.9 Å². The number of anilines is 1. The molecule has 3 aromatic rings. The number of H-pyrrole nitrogens is 1. The minimum atomic E-state index is -2.34. The van der Waals surface area contributed by atoms with Crippen LogP contribution in [0.4, 0.5) is 5.69 Å². The molecule has 2 N–H and O–H groups in total. The summed E-state index contributed by atoms with van der Waals surface area (Å²) in [7, 11) is 1.76. The van der Waals surface area contributed by atoms with Crippen molar-refractivity contribution in [3.05, 3.63) is 52.6 Å². The van der Waals surface area contributed by atoms with Crippen molar-refractivity contribution in [2.24, 2.45) is 12.5 Å². The minimum Gasteiger partial charge on any atom is -0.760 e. The fraction of sp³-hybridized carbons (Fsp3) is 0.435. The summed E-state index contributed by atoms with van der Waals surface area (Å²) in [5.74, 6) is 0. The van der Waals surface area contributed by atoms with Crippen molar-refractivity contribution in [3.8, 4) is 11.1 Å². The molecule has 3 heterocycles. The number of aromatic nitrogens is 2. The maximum absolute atomic E-state index is 12.6. The first-order chi connectivity index (χ1) is 14.9. The van der Waals surface area contributed by atoms with Crippen LogP contribution in [-0.4, -0.2) is 31.4 Å². The fourth-order valence-corrected chi connectivity index (χ4v) is 5.43. The summed E-state index contributed by atoms with van der Waals surface area (Å²) in [6.45, 7) is 3.90. The van der Waals surface area contributed by atoms with Crippen LogP contribution in [0.3, 0.4) is 0 Å².